The van der Waals surface area contributed by atoms with E-state index >= 15 is 0 Å². The normalized spacial score (nSPS) is 13.1. The Morgan fingerprint density at radius 2 is 1.88 bits per heavy atom. The molecule has 3 rings (SSSR count). The number of methoxy groups -OCH3 is 1. The van der Waals surface area contributed by atoms with E-state index in [0.717, 1.165) is 35.9 Å². The highest BCUT2D eigenvalue weighted by Crippen LogP contribution is 2.20. The van der Waals surface area contributed by atoms with Crippen molar-refractivity contribution < 1.29 is 9.53 Å². The van der Waals surface area contributed by atoms with E-state index in [1.54, 1.807) is 0 Å². The lowest BCUT2D eigenvalue weighted by Crippen LogP contribution is -2.38. The van der Waals surface area contributed by atoms with Gasteiger partial charge in [-0.2, -0.15) is 0 Å². The molecule has 1 aliphatic heterocycles. The molecule has 1 aliphatic rings. The second-order valence-corrected chi connectivity index (χ2v) is 6.21. The molecule has 2 aromatic carbocycles. The summed E-state index contributed by atoms with van der Waals surface area (Å²) in [5.74, 6) is -0.238. The van der Waals surface area contributed by atoms with Gasteiger partial charge in [0.1, 0.15) is 0 Å². The van der Waals surface area contributed by atoms with E-state index in [2.05, 4.69) is 39.2 Å². The average Bonchev–Trinajstić information content (AvgIpc) is 2.62. The maximum absolute atomic E-state index is 11.3. The van der Waals surface area contributed by atoms with E-state index in [4.69, 9.17) is 12.2 Å². The Morgan fingerprint density at radius 1 is 1.17 bits per heavy atom. The number of esters is 1. The molecule has 0 atom stereocenters. The molecule has 0 fully saturated rings. The van der Waals surface area contributed by atoms with Gasteiger partial charge in [0.15, 0.2) is 5.11 Å². The fourth-order valence-electron chi connectivity index (χ4n) is 2.82. The summed E-state index contributed by atoms with van der Waals surface area (Å²) in [6.45, 7) is 1.76. The van der Waals surface area contributed by atoms with E-state index < -0.39 is 0 Å². The number of hydrogen-bond donors (Lipinski definition) is 1. The Morgan fingerprint density at radius 3 is 2.58 bits per heavy atom. The smallest absolute Gasteiger partial charge is 0.309 e. The van der Waals surface area contributed by atoms with Crippen molar-refractivity contribution in [3.63, 3.8) is 0 Å². The number of rotatable bonds is 3. The number of carbonyl (C=O) groups is 1. The Balaban J connectivity index is 1.60. The standard InChI is InChI=1S/C19H20N2O2S/c1-23-18(22)12-14-6-8-17(9-7-14)20-19(24)21-11-10-15-4-2-3-5-16(15)13-21/h2-9H,10-13H2,1H3,(H,20,24). The SMILES string of the molecule is COC(=O)Cc1ccc(NC(=S)N2CCc3ccccc3C2)cc1. The van der Waals surface area contributed by atoms with E-state index in [-0.39, 0.29) is 12.4 Å². The number of carbonyl (C=O) groups excluding carboxylic acids is 1. The van der Waals surface area contributed by atoms with Gasteiger partial charge in [-0.05, 0) is 47.5 Å². The van der Waals surface area contributed by atoms with Crippen LogP contribution < -0.4 is 5.32 Å². The van der Waals surface area contributed by atoms with E-state index in [1.807, 2.05) is 24.3 Å². The Labute approximate surface area is 147 Å². The first kappa shape index (κ1) is 16.5. The van der Waals surface area contributed by atoms with Gasteiger partial charge in [0.25, 0.3) is 0 Å². The fourth-order valence-corrected chi connectivity index (χ4v) is 3.09. The molecule has 2 aromatic rings. The molecule has 0 bridgehead atoms. The number of nitrogens with one attached hydrogen (secondary N) is 1. The molecule has 0 radical (unpaired) electrons. The third-order valence-electron chi connectivity index (χ3n) is 4.20. The molecule has 0 aliphatic carbocycles. The van der Waals surface area contributed by atoms with Crippen LogP contribution in [0.15, 0.2) is 48.5 Å². The number of nitrogens with zero attached hydrogens (tertiary/aromatic N) is 1. The van der Waals surface area contributed by atoms with Gasteiger partial charge in [0.05, 0.1) is 13.5 Å². The third kappa shape index (κ3) is 3.92. The lowest BCUT2D eigenvalue weighted by Gasteiger charge is -2.31. The molecule has 5 heteroatoms. The minimum absolute atomic E-state index is 0.238. The summed E-state index contributed by atoms with van der Waals surface area (Å²) in [7, 11) is 1.40. The van der Waals surface area contributed by atoms with Crippen LogP contribution in [0.5, 0.6) is 0 Å². The van der Waals surface area contributed by atoms with Crippen molar-refractivity contribution in [2.45, 2.75) is 19.4 Å². The van der Waals surface area contributed by atoms with Crippen LogP contribution >= 0.6 is 12.2 Å². The summed E-state index contributed by atoms with van der Waals surface area (Å²) < 4.78 is 4.67. The first-order valence-corrected chi connectivity index (χ1v) is 8.35. The van der Waals surface area contributed by atoms with Crippen LogP contribution in [0.4, 0.5) is 5.69 Å². The van der Waals surface area contributed by atoms with Crippen molar-refractivity contribution in [1.82, 2.24) is 4.90 Å². The maximum atomic E-state index is 11.3. The highest BCUT2D eigenvalue weighted by molar-refractivity contribution is 7.80. The van der Waals surface area contributed by atoms with Gasteiger partial charge < -0.3 is 15.0 Å². The second kappa shape index (κ2) is 7.45. The first-order chi connectivity index (χ1) is 11.7. The molecule has 124 valence electrons. The average molecular weight is 340 g/mol. The highest BCUT2D eigenvalue weighted by Gasteiger charge is 2.17. The van der Waals surface area contributed by atoms with Gasteiger partial charge >= 0.3 is 5.97 Å². The second-order valence-electron chi connectivity index (χ2n) is 5.82. The summed E-state index contributed by atoms with van der Waals surface area (Å²) in [5, 5.41) is 4.01. The predicted molar refractivity (Wildman–Crippen MR) is 98.9 cm³/mol. The maximum Gasteiger partial charge on any atom is 0.309 e. The summed E-state index contributed by atoms with van der Waals surface area (Å²) in [5.41, 5.74) is 4.59. The lowest BCUT2D eigenvalue weighted by molar-refractivity contribution is -0.139. The van der Waals surface area contributed by atoms with Crippen LogP contribution in [0.2, 0.25) is 0 Å². The number of hydrogen-bond acceptors (Lipinski definition) is 3. The molecule has 0 aromatic heterocycles. The Hall–Kier alpha value is -2.40. The zero-order chi connectivity index (χ0) is 16.9. The minimum Gasteiger partial charge on any atom is -0.469 e. The number of anilines is 1. The van der Waals surface area contributed by atoms with Gasteiger partial charge in [-0.15, -0.1) is 0 Å². The molecule has 1 heterocycles. The number of benzene rings is 2. The highest BCUT2D eigenvalue weighted by atomic mass is 32.1. The van der Waals surface area contributed by atoms with Gasteiger partial charge in [0.2, 0.25) is 0 Å². The van der Waals surface area contributed by atoms with Crippen LogP contribution in [0.3, 0.4) is 0 Å². The number of fused-ring (bicyclic) bond motifs is 1. The van der Waals surface area contributed by atoms with Gasteiger partial charge in [-0.1, -0.05) is 36.4 Å². The van der Waals surface area contributed by atoms with Gasteiger partial charge in [-0.25, -0.2) is 0 Å². The summed E-state index contributed by atoms with van der Waals surface area (Å²) >= 11 is 5.55. The van der Waals surface area contributed by atoms with Gasteiger partial charge in [-0.3, -0.25) is 4.79 Å². The Bertz CT molecular complexity index is 743. The number of ether oxygens (including phenoxy) is 1. The third-order valence-corrected chi connectivity index (χ3v) is 4.56. The molecular weight excluding hydrogens is 320 g/mol. The van der Waals surface area contributed by atoms with Crippen molar-refractivity contribution >= 4 is 29.0 Å². The molecule has 0 spiro atoms. The summed E-state index contributed by atoms with van der Waals surface area (Å²) in [4.78, 5) is 13.5. The van der Waals surface area contributed by atoms with Crippen LogP contribution in [0.25, 0.3) is 0 Å². The van der Waals surface area contributed by atoms with Crippen LogP contribution in [0.1, 0.15) is 16.7 Å². The lowest BCUT2D eigenvalue weighted by atomic mass is 10.0. The van der Waals surface area contributed by atoms with Crippen LogP contribution in [-0.4, -0.2) is 29.6 Å². The largest absolute Gasteiger partial charge is 0.469 e. The van der Waals surface area contributed by atoms with Crippen molar-refractivity contribution in [2.75, 3.05) is 19.0 Å². The van der Waals surface area contributed by atoms with E-state index in [9.17, 15) is 4.79 Å². The van der Waals surface area contributed by atoms with Crippen molar-refractivity contribution in [3.8, 4) is 0 Å². The zero-order valence-electron chi connectivity index (χ0n) is 13.6. The molecule has 0 saturated heterocycles. The Kier molecular flexibility index (Phi) is 5.11. The minimum atomic E-state index is -0.238. The number of thiocarbonyl (C=S) groups is 1. The first-order valence-electron chi connectivity index (χ1n) is 7.94. The van der Waals surface area contributed by atoms with Crippen LogP contribution in [0, 0.1) is 0 Å². The molecular formula is C19H20N2O2S. The molecule has 0 unspecified atom stereocenters. The fraction of sp³-hybridized carbons (Fsp3) is 0.263. The van der Waals surface area contributed by atoms with Gasteiger partial charge in [0, 0.05) is 18.8 Å². The van der Waals surface area contributed by atoms with Crippen molar-refractivity contribution in [3.05, 3.63) is 65.2 Å². The quantitative estimate of drug-likeness (QED) is 0.687. The molecule has 1 N–H and O–H groups in total. The predicted octanol–water partition coefficient (Wildman–Crippen LogP) is 3.16. The summed E-state index contributed by atoms with van der Waals surface area (Å²) in [6, 6.07) is 16.2. The monoisotopic (exact) mass is 340 g/mol. The molecule has 0 amide bonds. The van der Waals surface area contributed by atoms with E-state index in [1.165, 1.54) is 18.2 Å². The topological polar surface area (TPSA) is 41.6 Å². The molecule has 0 saturated carbocycles. The molecule has 4 nitrogen and oxygen atoms in total. The summed E-state index contributed by atoms with van der Waals surface area (Å²) in [6.07, 6.45) is 1.29. The van der Waals surface area contributed by atoms with Crippen LogP contribution in [-0.2, 0) is 28.9 Å². The molecule has 24 heavy (non-hydrogen) atoms. The van der Waals surface area contributed by atoms with E-state index in [0.29, 0.717) is 0 Å². The zero-order valence-corrected chi connectivity index (χ0v) is 14.4. The van der Waals surface area contributed by atoms with Crippen molar-refractivity contribution in [2.24, 2.45) is 0 Å². The van der Waals surface area contributed by atoms with Crippen molar-refractivity contribution in [1.29, 1.82) is 0 Å².